The smallest absolute Gasteiger partial charge is 0.226 e. The molecule has 3 rings (SSSR count). The van der Waals surface area contributed by atoms with Gasteiger partial charge in [-0.15, -0.1) is 0 Å². The largest absolute Gasteiger partial charge is 0.359 e. The van der Waals surface area contributed by atoms with Crippen molar-refractivity contribution >= 4 is 17.3 Å². The van der Waals surface area contributed by atoms with Crippen LogP contribution in [0.5, 0.6) is 0 Å². The Kier molecular flexibility index (Phi) is 4.12. The molecule has 2 aromatic carbocycles. The van der Waals surface area contributed by atoms with Crippen LogP contribution in [0.1, 0.15) is 32.8 Å². The van der Waals surface area contributed by atoms with E-state index in [1.54, 1.807) is 0 Å². The number of benzene rings is 2. The molecule has 1 aliphatic heterocycles. The lowest BCUT2D eigenvalue weighted by atomic mass is 9.94. The van der Waals surface area contributed by atoms with E-state index in [0.717, 1.165) is 17.9 Å². The minimum Gasteiger partial charge on any atom is -0.359 e. The summed E-state index contributed by atoms with van der Waals surface area (Å²) < 4.78 is 0. The molecule has 0 bridgehead atoms. The molecule has 0 aromatic heterocycles. The predicted molar refractivity (Wildman–Crippen MR) is 95.8 cm³/mol. The monoisotopic (exact) mass is 308 g/mol. The molecule has 1 aliphatic rings. The molecule has 1 heterocycles. The molecule has 0 N–H and O–H groups in total. The van der Waals surface area contributed by atoms with Gasteiger partial charge in [-0.2, -0.15) is 0 Å². The number of carbonyl (C=O) groups is 1. The summed E-state index contributed by atoms with van der Waals surface area (Å²) in [4.78, 5) is 16.7. The van der Waals surface area contributed by atoms with Gasteiger partial charge < -0.3 is 9.80 Å². The number of anilines is 2. The number of rotatable bonds is 3. The minimum absolute atomic E-state index is 0.116. The Morgan fingerprint density at radius 2 is 1.61 bits per heavy atom. The predicted octanol–water partition coefficient (Wildman–Crippen LogP) is 4.23. The molecule has 0 fully saturated rings. The number of hydrogen-bond acceptors (Lipinski definition) is 2. The number of hydrogen-bond donors (Lipinski definition) is 0. The summed E-state index contributed by atoms with van der Waals surface area (Å²) in [6, 6.07) is 18.7. The zero-order valence-electron chi connectivity index (χ0n) is 14.1. The quantitative estimate of drug-likeness (QED) is 0.847. The lowest BCUT2D eigenvalue weighted by Crippen LogP contribution is -2.57. The molecule has 120 valence electrons. The number of carbonyl (C=O) groups excluding carboxylic acids is 1. The molecule has 0 unspecified atom stereocenters. The summed E-state index contributed by atoms with van der Waals surface area (Å²) in [5.74, 6) is 0.185. The van der Waals surface area contributed by atoms with Gasteiger partial charge in [-0.3, -0.25) is 4.79 Å². The van der Waals surface area contributed by atoms with Crippen LogP contribution < -0.4 is 9.80 Å². The Balaban J connectivity index is 2.03. The molecule has 23 heavy (non-hydrogen) atoms. The minimum atomic E-state index is -0.116. The first kappa shape index (κ1) is 15.6. The lowest BCUT2D eigenvalue weighted by Gasteiger charge is -2.49. The van der Waals surface area contributed by atoms with Crippen molar-refractivity contribution in [2.45, 2.75) is 39.3 Å². The first-order chi connectivity index (χ1) is 11.0. The topological polar surface area (TPSA) is 23.6 Å². The molecule has 0 aliphatic carbocycles. The standard InChI is InChI=1S/C20H24N2O/c1-4-19(23)21-15-20(2,3)22(14-16-10-6-5-7-11-16)18-13-9-8-12-17(18)21/h5-13H,4,14-15H2,1-3H3. The van der Waals surface area contributed by atoms with E-state index in [0.29, 0.717) is 13.0 Å². The highest BCUT2D eigenvalue weighted by atomic mass is 16.2. The van der Waals surface area contributed by atoms with E-state index in [1.165, 1.54) is 5.56 Å². The summed E-state index contributed by atoms with van der Waals surface area (Å²) in [6.07, 6.45) is 0.531. The summed E-state index contributed by atoms with van der Waals surface area (Å²) in [6.45, 7) is 7.90. The zero-order valence-corrected chi connectivity index (χ0v) is 14.1. The van der Waals surface area contributed by atoms with Gasteiger partial charge in [0.15, 0.2) is 0 Å². The summed E-state index contributed by atoms with van der Waals surface area (Å²) in [5, 5.41) is 0. The molecule has 1 amide bonds. The Labute approximate surface area is 138 Å². The van der Waals surface area contributed by atoms with Crippen LogP contribution in [0.15, 0.2) is 54.6 Å². The van der Waals surface area contributed by atoms with E-state index in [4.69, 9.17) is 0 Å². The lowest BCUT2D eigenvalue weighted by molar-refractivity contribution is -0.118. The Bertz CT molecular complexity index is 694. The highest BCUT2D eigenvalue weighted by Crippen LogP contribution is 2.40. The highest BCUT2D eigenvalue weighted by molar-refractivity contribution is 5.98. The second kappa shape index (κ2) is 6.07. The molecule has 0 atom stereocenters. The summed E-state index contributed by atoms with van der Waals surface area (Å²) in [7, 11) is 0. The van der Waals surface area contributed by atoms with Gasteiger partial charge in [0, 0.05) is 19.5 Å². The van der Waals surface area contributed by atoms with Crippen molar-refractivity contribution in [2.75, 3.05) is 16.3 Å². The van der Waals surface area contributed by atoms with Gasteiger partial charge in [0.05, 0.1) is 16.9 Å². The van der Waals surface area contributed by atoms with E-state index >= 15 is 0 Å². The fourth-order valence-electron chi connectivity index (χ4n) is 3.28. The SMILES string of the molecule is CCC(=O)N1CC(C)(C)N(Cc2ccccc2)c2ccccc21. The molecule has 0 radical (unpaired) electrons. The molecular formula is C20H24N2O. The first-order valence-corrected chi connectivity index (χ1v) is 8.24. The Morgan fingerprint density at radius 3 is 2.26 bits per heavy atom. The van der Waals surface area contributed by atoms with E-state index in [1.807, 2.05) is 30.0 Å². The number of para-hydroxylation sites is 2. The average molecular weight is 308 g/mol. The van der Waals surface area contributed by atoms with Crippen LogP contribution in [0.3, 0.4) is 0 Å². The second-order valence-electron chi connectivity index (χ2n) is 6.71. The maximum absolute atomic E-state index is 12.4. The van der Waals surface area contributed by atoms with Gasteiger partial charge in [0.1, 0.15) is 0 Å². The molecule has 3 heteroatoms. The van der Waals surface area contributed by atoms with Crippen LogP contribution >= 0.6 is 0 Å². The number of fused-ring (bicyclic) bond motifs is 1. The van der Waals surface area contributed by atoms with Gasteiger partial charge in [0.2, 0.25) is 5.91 Å². The van der Waals surface area contributed by atoms with Gasteiger partial charge in [0.25, 0.3) is 0 Å². The first-order valence-electron chi connectivity index (χ1n) is 8.24. The van der Waals surface area contributed by atoms with Crippen molar-refractivity contribution in [3.05, 3.63) is 60.2 Å². The summed E-state index contributed by atoms with van der Waals surface area (Å²) in [5.41, 5.74) is 3.32. The van der Waals surface area contributed by atoms with E-state index < -0.39 is 0 Å². The van der Waals surface area contributed by atoms with Crippen LogP contribution in [-0.4, -0.2) is 18.0 Å². The summed E-state index contributed by atoms with van der Waals surface area (Å²) >= 11 is 0. The van der Waals surface area contributed by atoms with E-state index in [9.17, 15) is 4.79 Å². The van der Waals surface area contributed by atoms with Crippen LogP contribution in [0.2, 0.25) is 0 Å². The van der Waals surface area contributed by atoms with Gasteiger partial charge in [-0.25, -0.2) is 0 Å². The van der Waals surface area contributed by atoms with Crippen molar-refractivity contribution in [1.29, 1.82) is 0 Å². The molecule has 0 saturated heterocycles. The molecular weight excluding hydrogens is 284 g/mol. The fraction of sp³-hybridized carbons (Fsp3) is 0.350. The van der Waals surface area contributed by atoms with Crippen LogP contribution in [0.25, 0.3) is 0 Å². The van der Waals surface area contributed by atoms with Gasteiger partial charge in [-0.1, -0.05) is 49.4 Å². The van der Waals surface area contributed by atoms with E-state index in [2.05, 4.69) is 55.1 Å². The van der Waals surface area contributed by atoms with Gasteiger partial charge in [-0.05, 0) is 31.5 Å². The third kappa shape index (κ3) is 2.96. The molecule has 2 aromatic rings. The third-order valence-electron chi connectivity index (χ3n) is 4.53. The van der Waals surface area contributed by atoms with E-state index in [-0.39, 0.29) is 11.4 Å². The number of nitrogens with zero attached hydrogens (tertiary/aromatic N) is 2. The zero-order chi connectivity index (χ0) is 16.4. The third-order valence-corrected chi connectivity index (χ3v) is 4.53. The van der Waals surface area contributed by atoms with Crippen molar-refractivity contribution in [1.82, 2.24) is 0 Å². The Morgan fingerprint density at radius 1 is 1.00 bits per heavy atom. The number of amides is 1. The van der Waals surface area contributed by atoms with Crippen LogP contribution in [-0.2, 0) is 11.3 Å². The highest BCUT2D eigenvalue weighted by Gasteiger charge is 2.38. The second-order valence-corrected chi connectivity index (χ2v) is 6.71. The fourth-order valence-corrected chi connectivity index (χ4v) is 3.28. The van der Waals surface area contributed by atoms with Gasteiger partial charge >= 0.3 is 0 Å². The van der Waals surface area contributed by atoms with Crippen LogP contribution in [0.4, 0.5) is 11.4 Å². The maximum atomic E-state index is 12.4. The molecule has 3 nitrogen and oxygen atoms in total. The average Bonchev–Trinajstić information content (AvgIpc) is 2.57. The molecule has 0 saturated carbocycles. The Hall–Kier alpha value is -2.29. The van der Waals surface area contributed by atoms with Crippen molar-refractivity contribution in [3.8, 4) is 0 Å². The van der Waals surface area contributed by atoms with Crippen molar-refractivity contribution in [3.63, 3.8) is 0 Å². The normalized spacial score (nSPS) is 16.1. The van der Waals surface area contributed by atoms with Crippen molar-refractivity contribution in [2.24, 2.45) is 0 Å². The van der Waals surface area contributed by atoms with Crippen LogP contribution in [0, 0.1) is 0 Å². The molecule has 0 spiro atoms. The maximum Gasteiger partial charge on any atom is 0.226 e. The van der Waals surface area contributed by atoms with Crippen molar-refractivity contribution < 1.29 is 4.79 Å².